The van der Waals surface area contributed by atoms with E-state index in [0.29, 0.717) is 6.04 Å². The molecule has 1 unspecified atom stereocenters. The van der Waals surface area contributed by atoms with E-state index in [2.05, 4.69) is 49.5 Å². The van der Waals surface area contributed by atoms with Gasteiger partial charge in [0.15, 0.2) is 0 Å². The number of rotatable bonds is 4. The fourth-order valence-corrected chi connectivity index (χ4v) is 2.86. The van der Waals surface area contributed by atoms with E-state index in [1.807, 2.05) is 12.1 Å². The van der Waals surface area contributed by atoms with E-state index in [-0.39, 0.29) is 0 Å². The number of aryl methyl sites for hydroxylation is 2. The Morgan fingerprint density at radius 3 is 2.35 bits per heavy atom. The molecular weight excluding hydrogens is 266 g/mol. The van der Waals surface area contributed by atoms with E-state index in [1.54, 1.807) is 0 Å². The van der Waals surface area contributed by atoms with Crippen LogP contribution in [-0.2, 0) is 0 Å². The van der Waals surface area contributed by atoms with Gasteiger partial charge in [0.2, 0.25) is 0 Å². The molecule has 20 heavy (non-hydrogen) atoms. The molecule has 1 atom stereocenters. The van der Waals surface area contributed by atoms with Crippen molar-refractivity contribution < 1.29 is 0 Å². The van der Waals surface area contributed by atoms with Crippen LogP contribution in [0.5, 0.6) is 0 Å². The van der Waals surface area contributed by atoms with Crippen LogP contribution in [0, 0.1) is 19.8 Å². The summed E-state index contributed by atoms with van der Waals surface area (Å²) in [5.41, 5.74) is 5.08. The third-order valence-electron chi connectivity index (χ3n) is 4.03. The number of hydrogen-bond donors (Lipinski definition) is 1. The maximum Gasteiger partial charge on any atom is 0.0542 e. The molecule has 0 spiro atoms. The molecule has 0 aliphatic heterocycles. The van der Waals surface area contributed by atoms with Crippen molar-refractivity contribution in [3.05, 3.63) is 64.2 Å². The topological polar surface area (TPSA) is 12.0 Å². The molecule has 0 radical (unpaired) electrons. The Balaban J connectivity index is 1.86. The summed E-state index contributed by atoms with van der Waals surface area (Å²) in [6, 6.07) is 15.4. The van der Waals surface area contributed by atoms with Crippen molar-refractivity contribution in [3.63, 3.8) is 0 Å². The minimum Gasteiger partial charge on any atom is -0.378 e. The van der Waals surface area contributed by atoms with Gasteiger partial charge in [0.05, 0.1) is 6.04 Å². The van der Waals surface area contributed by atoms with Gasteiger partial charge in [-0.15, -0.1) is 0 Å². The molecule has 1 aliphatic rings. The highest BCUT2D eigenvalue weighted by atomic mass is 35.5. The SMILES string of the molecule is Cc1ccc(C(Nc2ccc(Cl)cc2C)C2CC2)cc1. The summed E-state index contributed by atoms with van der Waals surface area (Å²) in [4.78, 5) is 0. The van der Waals surface area contributed by atoms with Crippen LogP contribution in [0.15, 0.2) is 42.5 Å². The molecule has 1 nitrogen and oxygen atoms in total. The van der Waals surface area contributed by atoms with E-state index in [0.717, 1.165) is 10.9 Å². The molecule has 0 bridgehead atoms. The summed E-state index contributed by atoms with van der Waals surface area (Å²) < 4.78 is 0. The Morgan fingerprint density at radius 2 is 1.75 bits per heavy atom. The van der Waals surface area contributed by atoms with Crippen LogP contribution in [0.4, 0.5) is 5.69 Å². The first-order valence-corrected chi connectivity index (χ1v) is 7.60. The van der Waals surface area contributed by atoms with Crippen molar-refractivity contribution in [1.29, 1.82) is 0 Å². The third-order valence-corrected chi connectivity index (χ3v) is 4.26. The summed E-state index contributed by atoms with van der Waals surface area (Å²) in [5.74, 6) is 0.757. The summed E-state index contributed by atoms with van der Waals surface area (Å²) in [6.07, 6.45) is 2.64. The van der Waals surface area contributed by atoms with E-state index >= 15 is 0 Å². The Morgan fingerprint density at radius 1 is 1.05 bits per heavy atom. The molecule has 2 aromatic carbocycles. The van der Waals surface area contributed by atoms with E-state index < -0.39 is 0 Å². The first kappa shape index (κ1) is 13.5. The lowest BCUT2D eigenvalue weighted by molar-refractivity contribution is 0.678. The van der Waals surface area contributed by atoms with Crippen LogP contribution in [0.25, 0.3) is 0 Å². The minimum atomic E-state index is 0.412. The third kappa shape index (κ3) is 2.99. The molecule has 0 heterocycles. The van der Waals surface area contributed by atoms with Crippen LogP contribution < -0.4 is 5.32 Å². The number of nitrogens with one attached hydrogen (secondary N) is 1. The van der Waals surface area contributed by atoms with Gasteiger partial charge in [-0.1, -0.05) is 41.4 Å². The number of halogens is 1. The first-order chi connectivity index (χ1) is 9.63. The van der Waals surface area contributed by atoms with Gasteiger partial charge in [0, 0.05) is 10.7 Å². The van der Waals surface area contributed by atoms with Crippen molar-refractivity contribution in [2.45, 2.75) is 32.7 Å². The van der Waals surface area contributed by atoms with E-state index in [4.69, 9.17) is 11.6 Å². The highest BCUT2D eigenvalue weighted by Crippen LogP contribution is 2.43. The Bertz CT molecular complexity index is 599. The Hall–Kier alpha value is -1.47. The largest absolute Gasteiger partial charge is 0.378 e. The van der Waals surface area contributed by atoms with Gasteiger partial charge < -0.3 is 5.32 Å². The highest BCUT2D eigenvalue weighted by Gasteiger charge is 2.32. The number of benzene rings is 2. The van der Waals surface area contributed by atoms with Crippen LogP contribution in [0.1, 0.15) is 35.6 Å². The zero-order chi connectivity index (χ0) is 14.1. The predicted molar refractivity (Wildman–Crippen MR) is 86.5 cm³/mol. The fraction of sp³-hybridized carbons (Fsp3) is 0.333. The van der Waals surface area contributed by atoms with Gasteiger partial charge in [-0.3, -0.25) is 0 Å². The number of anilines is 1. The molecule has 0 amide bonds. The lowest BCUT2D eigenvalue weighted by atomic mass is 10.00. The van der Waals surface area contributed by atoms with Gasteiger partial charge >= 0.3 is 0 Å². The van der Waals surface area contributed by atoms with E-state index in [9.17, 15) is 0 Å². The van der Waals surface area contributed by atoms with E-state index in [1.165, 1.54) is 35.2 Å². The zero-order valence-corrected chi connectivity index (χ0v) is 12.7. The van der Waals surface area contributed by atoms with Crippen LogP contribution >= 0.6 is 11.6 Å². The normalized spacial score (nSPS) is 15.9. The van der Waals surface area contributed by atoms with Gasteiger partial charge in [-0.05, 0) is 61.9 Å². The predicted octanol–water partition coefficient (Wildman–Crippen LogP) is 5.52. The van der Waals surface area contributed by atoms with Gasteiger partial charge in [-0.2, -0.15) is 0 Å². The maximum atomic E-state index is 6.04. The second-order valence-corrected chi connectivity index (χ2v) is 6.27. The first-order valence-electron chi connectivity index (χ1n) is 7.23. The molecule has 0 aromatic heterocycles. The fourth-order valence-electron chi connectivity index (χ4n) is 2.63. The molecule has 1 saturated carbocycles. The molecule has 1 aliphatic carbocycles. The molecule has 2 aromatic rings. The second kappa shape index (κ2) is 5.49. The molecule has 2 heteroatoms. The lowest BCUT2D eigenvalue weighted by Gasteiger charge is -2.21. The average Bonchev–Trinajstić information content (AvgIpc) is 3.24. The van der Waals surface area contributed by atoms with Gasteiger partial charge in [-0.25, -0.2) is 0 Å². The zero-order valence-electron chi connectivity index (χ0n) is 12.0. The molecule has 1 N–H and O–H groups in total. The standard InChI is InChI=1S/C18H20ClN/c1-12-3-5-14(6-4-12)18(15-7-8-15)20-17-10-9-16(19)11-13(17)2/h3-6,9-11,15,18,20H,7-8H2,1-2H3. The smallest absolute Gasteiger partial charge is 0.0542 e. The summed E-state index contributed by atoms with van der Waals surface area (Å²) in [5, 5.41) is 4.51. The van der Waals surface area contributed by atoms with Gasteiger partial charge in [0.1, 0.15) is 0 Å². The van der Waals surface area contributed by atoms with Gasteiger partial charge in [0.25, 0.3) is 0 Å². The minimum absolute atomic E-state index is 0.412. The van der Waals surface area contributed by atoms with Crippen molar-refractivity contribution >= 4 is 17.3 Å². The van der Waals surface area contributed by atoms with Crippen LogP contribution in [0.3, 0.4) is 0 Å². The Kier molecular flexibility index (Phi) is 3.71. The summed E-state index contributed by atoms with van der Waals surface area (Å²) >= 11 is 6.04. The molecule has 3 rings (SSSR count). The van der Waals surface area contributed by atoms with Crippen molar-refractivity contribution in [2.75, 3.05) is 5.32 Å². The Labute approximate surface area is 126 Å². The second-order valence-electron chi connectivity index (χ2n) is 5.83. The molecule has 0 saturated heterocycles. The van der Waals surface area contributed by atoms with Crippen molar-refractivity contribution in [2.24, 2.45) is 5.92 Å². The molecular formula is C18H20ClN. The molecule has 104 valence electrons. The summed E-state index contributed by atoms with van der Waals surface area (Å²) in [7, 11) is 0. The summed E-state index contributed by atoms with van der Waals surface area (Å²) in [6.45, 7) is 4.24. The van der Waals surface area contributed by atoms with Crippen LogP contribution in [-0.4, -0.2) is 0 Å². The highest BCUT2D eigenvalue weighted by molar-refractivity contribution is 6.30. The average molecular weight is 286 g/mol. The van der Waals surface area contributed by atoms with Crippen molar-refractivity contribution in [1.82, 2.24) is 0 Å². The quantitative estimate of drug-likeness (QED) is 0.780. The number of hydrogen-bond acceptors (Lipinski definition) is 1. The van der Waals surface area contributed by atoms with Crippen LogP contribution in [0.2, 0.25) is 5.02 Å². The maximum absolute atomic E-state index is 6.04. The lowest BCUT2D eigenvalue weighted by Crippen LogP contribution is -2.13. The monoisotopic (exact) mass is 285 g/mol. The van der Waals surface area contributed by atoms with Crippen molar-refractivity contribution in [3.8, 4) is 0 Å². The molecule has 1 fully saturated rings.